The van der Waals surface area contributed by atoms with Crippen molar-refractivity contribution in [2.75, 3.05) is 19.3 Å². The van der Waals surface area contributed by atoms with Crippen LogP contribution in [0.3, 0.4) is 0 Å². The smallest absolute Gasteiger partial charge is 0.311 e. The van der Waals surface area contributed by atoms with Crippen LogP contribution in [0.2, 0.25) is 0 Å². The summed E-state index contributed by atoms with van der Waals surface area (Å²) in [6.07, 6.45) is 2.47. The number of benzene rings is 2. The summed E-state index contributed by atoms with van der Waals surface area (Å²) in [4.78, 5) is 27.4. The number of hydrogen-bond acceptors (Lipinski definition) is 8. The normalized spacial score (nSPS) is 16.3. The lowest BCUT2D eigenvalue weighted by atomic mass is 9.97. The summed E-state index contributed by atoms with van der Waals surface area (Å²) in [6.45, 7) is 2.70. The lowest BCUT2D eigenvalue weighted by molar-refractivity contribution is -0.151. The monoisotopic (exact) mass is 483 g/mol. The lowest BCUT2D eigenvalue weighted by Crippen LogP contribution is -2.42. The molecule has 11 heteroatoms. The number of ether oxygens (including phenoxy) is 1. The first-order valence-electron chi connectivity index (χ1n) is 10.8. The van der Waals surface area contributed by atoms with Crippen molar-refractivity contribution in [2.24, 2.45) is 5.92 Å². The van der Waals surface area contributed by atoms with E-state index in [2.05, 4.69) is 15.5 Å². The van der Waals surface area contributed by atoms with Crippen LogP contribution in [-0.2, 0) is 26.0 Å². The van der Waals surface area contributed by atoms with Gasteiger partial charge in [0.2, 0.25) is 0 Å². The molecule has 0 aliphatic carbocycles. The van der Waals surface area contributed by atoms with Gasteiger partial charge in [-0.25, -0.2) is 8.42 Å². The highest BCUT2D eigenvalue weighted by Gasteiger charge is 2.30. The van der Waals surface area contributed by atoms with Crippen LogP contribution in [0.15, 0.2) is 53.4 Å². The van der Waals surface area contributed by atoms with Crippen molar-refractivity contribution in [3.05, 3.63) is 65.5 Å². The van der Waals surface area contributed by atoms with Gasteiger partial charge in [-0.3, -0.25) is 9.59 Å². The fraction of sp³-hybridized carbons (Fsp3) is 0.348. The average Bonchev–Trinajstić information content (AvgIpc) is 3.31. The van der Waals surface area contributed by atoms with Crippen LogP contribution in [0.5, 0.6) is 0 Å². The van der Waals surface area contributed by atoms with Crippen molar-refractivity contribution in [2.45, 2.75) is 31.3 Å². The minimum Gasteiger partial charge on any atom is -0.457 e. The summed E-state index contributed by atoms with van der Waals surface area (Å²) in [5.41, 5.74) is 2.21. The van der Waals surface area contributed by atoms with E-state index in [1.165, 1.54) is 16.8 Å². The Kier molecular flexibility index (Phi) is 6.73. The number of tetrazole rings is 1. The summed E-state index contributed by atoms with van der Waals surface area (Å²) in [6, 6.07) is 13.4. The van der Waals surface area contributed by atoms with Crippen LogP contribution in [0.4, 0.5) is 0 Å². The highest BCUT2D eigenvalue weighted by Crippen LogP contribution is 2.21. The third-order valence-electron chi connectivity index (χ3n) is 5.73. The number of nitrogens with zero attached hydrogens (tertiary/aromatic N) is 5. The number of amides is 1. The molecule has 1 fully saturated rings. The third kappa shape index (κ3) is 5.30. The number of aromatic nitrogens is 4. The molecule has 0 saturated carbocycles. The molecule has 0 radical (unpaired) electrons. The van der Waals surface area contributed by atoms with E-state index in [1.54, 1.807) is 29.2 Å². The zero-order valence-corrected chi connectivity index (χ0v) is 19.7. The summed E-state index contributed by atoms with van der Waals surface area (Å²) < 4.78 is 30.2. The minimum atomic E-state index is -3.32. The van der Waals surface area contributed by atoms with Gasteiger partial charge in [-0.15, -0.1) is 5.10 Å². The molecule has 1 atom stereocenters. The number of piperidine rings is 1. The van der Waals surface area contributed by atoms with Gasteiger partial charge in [0.05, 0.1) is 16.5 Å². The first-order valence-corrected chi connectivity index (χ1v) is 12.7. The second-order valence-corrected chi connectivity index (χ2v) is 10.4. The molecule has 1 saturated heterocycles. The fourth-order valence-electron chi connectivity index (χ4n) is 3.82. The first kappa shape index (κ1) is 23.6. The van der Waals surface area contributed by atoms with E-state index in [-0.39, 0.29) is 17.4 Å². The molecule has 0 bridgehead atoms. The first-order chi connectivity index (χ1) is 16.2. The molecule has 1 aliphatic rings. The molecule has 34 heavy (non-hydrogen) atoms. The number of hydrogen-bond donors (Lipinski definition) is 0. The van der Waals surface area contributed by atoms with Crippen molar-refractivity contribution in [3.63, 3.8) is 0 Å². The van der Waals surface area contributed by atoms with Gasteiger partial charge >= 0.3 is 5.97 Å². The zero-order valence-electron chi connectivity index (χ0n) is 18.9. The lowest BCUT2D eigenvalue weighted by Gasteiger charge is -2.31. The van der Waals surface area contributed by atoms with Gasteiger partial charge in [0, 0.05) is 24.9 Å². The van der Waals surface area contributed by atoms with Gasteiger partial charge in [-0.05, 0) is 66.6 Å². The van der Waals surface area contributed by atoms with Crippen molar-refractivity contribution in [3.8, 4) is 5.69 Å². The average molecular weight is 484 g/mol. The molecule has 4 rings (SSSR count). The summed E-state index contributed by atoms with van der Waals surface area (Å²) in [7, 11) is -3.32. The zero-order chi connectivity index (χ0) is 24.3. The van der Waals surface area contributed by atoms with E-state index < -0.39 is 21.7 Å². The molecule has 1 aromatic heterocycles. The van der Waals surface area contributed by atoms with Gasteiger partial charge < -0.3 is 9.64 Å². The summed E-state index contributed by atoms with van der Waals surface area (Å²) >= 11 is 0. The maximum Gasteiger partial charge on any atom is 0.311 e. The number of likely N-dealkylation sites (tertiary alicyclic amines) is 1. The molecule has 0 spiro atoms. The molecule has 10 nitrogen and oxygen atoms in total. The van der Waals surface area contributed by atoms with Crippen LogP contribution in [0, 0.1) is 12.8 Å². The molecular formula is C23H25N5O5S. The van der Waals surface area contributed by atoms with E-state index in [1.807, 2.05) is 19.1 Å². The Balaban J connectivity index is 1.38. The molecule has 2 aromatic carbocycles. The standard InChI is InChI=1S/C23H25N5O5S/c1-16-5-7-17(8-6-16)22(29)27-13-3-4-18(14-27)23(30)33-15-21-24-25-26-28(21)19-9-11-20(12-10-19)34(2,31)32/h5-12,18H,3-4,13-15H2,1-2H3/t18-/m1/s1. The van der Waals surface area contributed by atoms with E-state index in [9.17, 15) is 18.0 Å². The van der Waals surface area contributed by atoms with E-state index >= 15 is 0 Å². The minimum absolute atomic E-state index is 0.0982. The van der Waals surface area contributed by atoms with Gasteiger partial charge in [0.25, 0.3) is 5.91 Å². The highest BCUT2D eigenvalue weighted by molar-refractivity contribution is 7.90. The number of rotatable bonds is 6. The second kappa shape index (κ2) is 9.72. The molecule has 1 amide bonds. The Morgan fingerprint density at radius 3 is 2.47 bits per heavy atom. The maximum atomic E-state index is 12.8. The van der Waals surface area contributed by atoms with Crippen LogP contribution in [0.1, 0.15) is 34.6 Å². The molecule has 3 aromatic rings. The number of sulfone groups is 1. The largest absolute Gasteiger partial charge is 0.457 e. The van der Waals surface area contributed by atoms with Crippen LogP contribution in [-0.4, -0.2) is 64.7 Å². The van der Waals surface area contributed by atoms with Gasteiger partial charge in [0.15, 0.2) is 22.3 Å². The Hall–Kier alpha value is -3.60. The Morgan fingerprint density at radius 2 is 1.79 bits per heavy atom. The van der Waals surface area contributed by atoms with Crippen LogP contribution in [0.25, 0.3) is 5.69 Å². The molecule has 1 aliphatic heterocycles. The number of carbonyl (C=O) groups is 2. The van der Waals surface area contributed by atoms with Crippen LogP contribution >= 0.6 is 0 Å². The van der Waals surface area contributed by atoms with Gasteiger partial charge in [-0.2, -0.15) is 4.68 Å². The summed E-state index contributed by atoms with van der Waals surface area (Å²) in [5.74, 6) is -0.646. The molecule has 0 unspecified atom stereocenters. The predicted molar refractivity (Wildman–Crippen MR) is 122 cm³/mol. The van der Waals surface area contributed by atoms with E-state index in [4.69, 9.17) is 4.74 Å². The summed E-state index contributed by atoms with van der Waals surface area (Å²) in [5, 5.41) is 11.5. The van der Waals surface area contributed by atoms with E-state index in [0.717, 1.165) is 11.8 Å². The van der Waals surface area contributed by atoms with Gasteiger partial charge in [0.1, 0.15) is 0 Å². The number of esters is 1. The fourth-order valence-corrected chi connectivity index (χ4v) is 4.45. The third-order valence-corrected chi connectivity index (χ3v) is 6.86. The Morgan fingerprint density at radius 1 is 1.09 bits per heavy atom. The highest BCUT2D eigenvalue weighted by atomic mass is 32.2. The molecule has 2 heterocycles. The topological polar surface area (TPSA) is 124 Å². The van der Waals surface area contributed by atoms with Crippen molar-refractivity contribution < 1.29 is 22.7 Å². The quantitative estimate of drug-likeness (QED) is 0.488. The maximum absolute atomic E-state index is 12.8. The molecular weight excluding hydrogens is 458 g/mol. The van der Waals surface area contributed by atoms with E-state index in [0.29, 0.717) is 43.0 Å². The van der Waals surface area contributed by atoms with Crippen LogP contribution < -0.4 is 0 Å². The molecule has 178 valence electrons. The van der Waals surface area contributed by atoms with Crippen molar-refractivity contribution in [1.29, 1.82) is 0 Å². The number of carbonyl (C=O) groups excluding carboxylic acids is 2. The Bertz CT molecular complexity index is 1290. The molecule has 0 N–H and O–H groups in total. The second-order valence-electron chi connectivity index (χ2n) is 8.34. The number of aryl methyl sites for hydroxylation is 1. The predicted octanol–water partition coefficient (Wildman–Crippen LogP) is 1.97. The Labute approximate surface area is 197 Å². The SMILES string of the molecule is Cc1ccc(C(=O)N2CCC[C@@H](C(=O)OCc3nnnn3-c3ccc(S(C)(=O)=O)cc3)C2)cc1. The van der Waals surface area contributed by atoms with Gasteiger partial charge in [-0.1, -0.05) is 17.7 Å². The van der Waals surface area contributed by atoms with Crippen molar-refractivity contribution >= 4 is 21.7 Å². The van der Waals surface area contributed by atoms with Crippen molar-refractivity contribution in [1.82, 2.24) is 25.1 Å².